The van der Waals surface area contributed by atoms with Crippen LogP contribution in [0.15, 0.2) is 58.6 Å². The highest BCUT2D eigenvalue weighted by atomic mass is 31.1. The minimum Gasteiger partial charge on any atom is -0.354 e. The third-order valence-electron chi connectivity index (χ3n) is 7.53. The number of alkyl halides is 3. The van der Waals surface area contributed by atoms with Crippen molar-refractivity contribution in [1.82, 2.24) is 15.2 Å². The van der Waals surface area contributed by atoms with Crippen LogP contribution in [-0.4, -0.2) is 61.0 Å². The lowest BCUT2D eigenvalue weighted by molar-refractivity contribution is -0.137. The highest BCUT2D eigenvalue weighted by Crippen LogP contribution is 2.40. The molecule has 1 fully saturated rings. The number of piperazine rings is 1. The van der Waals surface area contributed by atoms with E-state index in [1.165, 1.54) is 29.9 Å². The topological polar surface area (TPSA) is 72.9 Å². The van der Waals surface area contributed by atoms with Crippen LogP contribution in [0, 0.1) is 11.7 Å². The second kappa shape index (κ2) is 17.9. The average Bonchev–Trinajstić information content (AvgIpc) is 3.02. The number of likely N-dealkylation sites (N-methyl/N-ethyl adjacent to an activating group) is 1. The second-order valence-corrected chi connectivity index (χ2v) is 13.8. The van der Waals surface area contributed by atoms with Crippen LogP contribution in [0.1, 0.15) is 88.3 Å². The summed E-state index contributed by atoms with van der Waals surface area (Å²) in [6, 6.07) is 4.53. The van der Waals surface area contributed by atoms with Crippen molar-refractivity contribution in [2.45, 2.75) is 78.8 Å². The van der Waals surface area contributed by atoms with E-state index in [1.54, 1.807) is 4.90 Å². The number of allylic oxidation sites excluding steroid dienone is 3. The standard InChI is InChI=1S/C32H41F4N6OP.C3H8/c1-6-7-27-28(11-8-20(2)3)44-29(19-37-27)39-21(4)24-17-23(9-10-26(24)33)40-31(43)22-16-25(32(34,35)36)30(38-18-22)42-14-12-41(5)13-15-42;1-3-2/h7,9-11,16-21,29,39,44H,6,8,12-15H2,1-5H3,(H,40,43);3H2,1-2H3/b27-7+,28-11-;. The van der Waals surface area contributed by atoms with Crippen molar-refractivity contribution in [1.29, 1.82) is 0 Å². The zero-order valence-electron chi connectivity index (χ0n) is 28.5. The molecule has 47 heavy (non-hydrogen) atoms. The summed E-state index contributed by atoms with van der Waals surface area (Å²) in [4.78, 5) is 25.4. The van der Waals surface area contributed by atoms with Gasteiger partial charge in [-0.3, -0.25) is 15.1 Å². The maximum atomic E-state index is 15.0. The van der Waals surface area contributed by atoms with Gasteiger partial charge in [0.1, 0.15) is 11.6 Å². The molecule has 258 valence electrons. The molecule has 2 aliphatic rings. The molecule has 1 amide bonds. The number of carbonyl (C=O) groups is 1. The number of benzene rings is 1. The summed E-state index contributed by atoms with van der Waals surface area (Å²) in [5.74, 6) is -0.983. The van der Waals surface area contributed by atoms with Crippen molar-refractivity contribution in [2.24, 2.45) is 10.9 Å². The number of nitrogens with zero attached hydrogens (tertiary/aromatic N) is 4. The van der Waals surface area contributed by atoms with Crippen LogP contribution >= 0.6 is 8.58 Å². The molecule has 4 rings (SSSR count). The molecular weight excluding hydrogens is 627 g/mol. The maximum Gasteiger partial charge on any atom is 0.419 e. The van der Waals surface area contributed by atoms with Gasteiger partial charge in [-0.25, -0.2) is 9.37 Å². The first kappa shape index (κ1) is 38.3. The Hall–Kier alpha value is -3.14. The summed E-state index contributed by atoms with van der Waals surface area (Å²) in [6.07, 6.45) is 5.72. The first-order chi connectivity index (χ1) is 22.3. The Bertz CT molecular complexity index is 1430. The van der Waals surface area contributed by atoms with E-state index in [2.05, 4.69) is 67.4 Å². The number of anilines is 2. The summed E-state index contributed by atoms with van der Waals surface area (Å²) < 4.78 is 57.0. The fourth-order valence-corrected chi connectivity index (χ4v) is 6.40. The van der Waals surface area contributed by atoms with Crippen molar-refractivity contribution in [3.63, 3.8) is 0 Å². The Kier molecular flexibility index (Phi) is 14.6. The molecule has 1 saturated heterocycles. The fraction of sp³-hybridized carbons (Fsp3) is 0.514. The van der Waals surface area contributed by atoms with Gasteiger partial charge in [-0.1, -0.05) is 61.8 Å². The zero-order chi connectivity index (χ0) is 34.7. The van der Waals surface area contributed by atoms with E-state index in [4.69, 9.17) is 0 Å². The van der Waals surface area contributed by atoms with Gasteiger partial charge in [0, 0.05) is 55.9 Å². The summed E-state index contributed by atoms with van der Waals surface area (Å²) in [6.45, 7) is 14.5. The van der Waals surface area contributed by atoms with Gasteiger partial charge in [0.15, 0.2) is 0 Å². The SMILES string of the molecule is CC/C=C1/N=CC(NC(C)c2cc(NC(=O)c3cnc(N4CCN(C)CC4)c(C(F)(F)F)c3)ccc2F)P/C1=C\CC(C)C.CCC. The molecule has 1 aromatic heterocycles. The lowest BCUT2D eigenvalue weighted by atomic mass is 10.1. The molecule has 0 bridgehead atoms. The molecule has 0 saturated carbocycles. The number of rotatable bonds is 9. The van der Waals surface area contributed by atoms with Gasteiger partial charge in [0.25, 0.3) is 5.91 Å². The predicted molar refractivity (Wildman–Crippen MR) is 187 cm³/mol. The van der Waals surface area contributed by atoms with Crippen LogP contribution < -0.4 is 15.5 Å². The Morgan fingerprint density at radius 1 is 1.09 bits per heavy atom. The number of aromatic nitrogens is 1. The summed E-state index contributed by atoms with van der Waals surface area (Å²) >= 11 is 0. The average molecular weight is 677 g/mol. The van der Waals surface area contributed by atoms with E-state index in [-0.39, 0.29) is 22.9 Å². The Labute approximate surface area is 278 Å². The third-order valence-corrected chi connectivity index (χ3v) is 8.93. The van der Waals surface area contributed by atoms with Crippen molar-refractivity contribution in [3.8, 4) is 0 Å². The van der Waals surface area contributed by atoms with Crippen LogP contribution in [-0.2, 0) is 6.18 Å². The molecule has 2 aromatic rings. The van der Waals surface area contributed by atoms with Crippen LogP contribution in [0.4, 0.5) is 29.1 Å². The van der Waals surface area contributed by atoms with E-state index in [0.717, 1.165) is 30.8 Å². The van der Waals surface area contributed by atoms with E-state index in [9.17, 15) is 22.4 Å². The third kappa shape index (κ3) is 11.2. The number of pyridine rings is 1. The molecule has 12 heteroatoms. The Morgan fingerprint density at radius 2 is 1.77 bits per heavy atom. The van der Waals surface area contributed by atoms with Gasteiger partial charge >= 0.3 is 6.18 Å². The fourth-order valence-electron chi connectivity index (χ4n) is 5.04. The summed E-state index contributed by atoms with van der Waals surface area (Å²) in [5, 5.41) is 7.23. The highest BCUT2D eigenvalue weighted by Gasteiger charge is 2.37. The number of hydrogen-bond donors (Lipinski definition) is 2. The minimum absolute atomic E-state index is 0.0965. The molecule has 0 aliphatic carbocycles. The predicted octanol–water partition coefficient (Wildman–Crippen LogP) is 8.62. The lowest BCUT2D eigenvalue weighted by Crippen LogP contribution is -2.45. The summed E-state index contributed by atoms with van der Waals surface area (Å²) in [7, 11) is 2.32. The Morgan fingerprint density at radius 3 is 2.38 bits per heavy atom. The normalized spacial score (nSPS) is 20.1. The molecule has 3 unspecified atom stereocenters. The van der Waals surface area contributed by atoms with Crippen LogP contribution in [0.3, 0.4) is 0 Å². The molecule has 2 aliphatic heterocycles. The van der Waals surface area contributed by atoms with Gasteiger partial charge in [0.2, 0.25) is 0 Å². The van der Waals surface area contributed by atoms with E-state index >= 15 is 0 Å². The van der Waals surface area contributed by atoms with Gasteiger partial charge in [0.05, 0.1) is 22.6 Å². The number of aliphatic imine (C=N–C) groups is 1. The number of halogens is 4. The monoisotopic (exact) mass is 676 g/mol. The van der Waals surface area contributed by atoms with Gasteiger partial charge in [-0.2, -0.15) is 13.2 Å². The van der Waals surface area contributed by atoms with Crippen molar-refractivity contribution in [3.05, 3.63) is 76.1 Å². The van der Waals surface area contributed by atoms with Crippen LogP contribution in [0.2, 0.25) is 0 Å². The van der Waals surface area contributed by atoms with E-state index in [1.807, 2.05) is 25.1 Å². The molecule has 0 radical (unpaired) electrons. The lowest BCUT2D eigenvalue weighted by Gasteiger charge is -2.34. The number of nitrogens with one attached hydrogen (secondary N) is 2. The quantitative estimate of drug-likeness (QED) is 0.206. The first-order valence-electron chi connectivity index (χ1n) is 16.4. The van der Waals surface area contributed by atoms with Gasteiger partial charge < -0.3 is 15.1 Å². The molecule has 3 heterocycles. The molecule has 1 aromatic carbocycles. The maximum absolute atomic E-state index is 15.0. The Balaban J connectivity index is 0.00000192. The van der Waals surface area contributed by atoms with Gasteiger partial charge in [-0.05, 0) is 62.3 Å². The van der Waals surface area contributed by atoms with Crippen molar-refractivity contribution >= 4 is 32.2 Å². The largest absolute Gasteiger partial charge is 0.419 e. The summed E-state index contributed by atoms with van der Waals surface area (Å²) in [5.41, 5.74) is 0.378. The van der Waals surface area contributed by atoms with Crippen molar-refractivity contribution in [2.75, 3.05) is 43.4 Å². The second-order valence-electron chi connectivity index (χ2n) is 12.3. The number of amides is 1. The first-order valence-corrected chi connectivity index (χ1v) is 17.4. The number of carbonyl (C=O) groups excluding carboxylic acids is 1. The molecule has 3 atom stereocenters. The number of hydrogen-bond acceptors (Lipinski definition) is 6. The van der Waals surface area contributed by atoms with Crippen LogP contribution in [0.5, 0.6) is 0 Å². The van der Waals surface area contributed by atoms with Gasteiger partial charge in [-0.15, -0.1) is 0 Å². The van der Waals surface area contributed by atoms with Crippen LogP contribution in [0.25, 0.3) is 0 Å². The highest BCUT2D eigenvalue weighted by molar-refractivity contribution is 7.45. The van der Waals surface area contributed by atoms with E-state index < -0.39 is 29.5 Å². The minimum atomic E-state index is -4.69. The smallest absolute Gasteiger partial charge is 0.354 e. The molecule has 7 nitrogen and oxygen atoms in total. The molecule has 0 spiro atoms. The molecular formula is C35H49F4N6OP. The van der Waals surface area contributed by atoms with E-state index in [0.29, 0.717) is 46.2 Å². The molecule has 2 N–H and O–H groups in total. The van der Waals surface area contributed by atoms with Crippen molar-refractivity contribution < 1.29 is 22.4 Å². The zero-order valence-corrected chi connectivity index (χ0v) is 29.5.